The second kappa shape index (κ2) is 4.48. The van der Waals surface area contributed by atoms with Crippen LogP contribution in [-0.2, 0) is 0 Å². The zero-order valence-corrected chi connectivity index (χ0v) is 7.70. The Morgan fingerprint density at radius 3 is 2.42 bits per heavy atom. The minimum absolute atomic E-state index is 0.245. The van der Waals surface area contributed by atoms with Crippen molar-refractivity contribution in [3.63, 3.8) is 0 Å². The molecule has 0 saturated carbocycles. The number of aliphatic hydroxyl groups excluding tert-OH is 1. The average Bonchev–Trinajstić information content (AvgIpc) is 2.06. The topological polar surface area (TPSA) is 20.2 Å². The fourth-order valence-electron chi connectivity index (χ4n) is 0.894. The van der Waals surface area contributed by atoms with Gasteiger partial charge in [0.2, 0.25) is 0 Å². The van der Waals surface area contributed by atoms with Crippen LogP contribution in [0.3, 0.4) is 0 Å². The summed E-state index contributed by atoms with van der Waals surface area (Å²) in [4.78, 5) is 0. The molecule has 0 fully saturated rings. The van der Waals surface area contributed by atoms with Crippen LogP contribution in [0.4, 0.5) is 0 Å². The lowest BCUT2D eigenvalue weighted by Crippen LogP contribution is -2.18. The third kappa shape index (κ3) is 2.84. The highest BCUT2D eigenvalue weighted by Crippen LogP contribution is 2.11. The molecule has 0 aliphatic heterocycles. The zero-order valence-electron chi connectivity index (χ0n) is 6.94. The summed E-state index contributed by atoms with van der Waals surface area (Å²) in [7, 11) is 0. The van der Waals surface area contributed by atoms with E-state index in [-0.39, 0.29) is 5.38 Å². The minimum atomic E-state index is -0.575. The van der Waals surface area contributed by atoms with E-state index in [4.69, 9.17) is 11.6 Å². The van der Waals surface area contributed by atoms with Crippen LogP contribution >= 0.6 is 11.6 Å². The molecular weight excluding hydrogens is 172 g/mol. The maximum absolute atomic E-state index is 9.39. The Morgan fingerprint density at radius 1 is 1.33 bits per heavy atom. The van der Waals surface area contributed by atoms with E-state index in [9.17, 15) is 5.11 Å². The Hall–Kier alpha value is -0.530. The molecule has 0 aliphatic carbocycles. The maximum atomic E-state index is 9.39. The van der Waals surface area contributed by atoms with Crippen molar-refractivity contribution in [3.05, 3.63) is 42.3 Å². The van der Waals surface area contributed by atoms with Crippen molar-refractivity contribution in [2.24, 2.45) is 0 Å². The van der Waals surface area contributed by atoms with Gasteiger partial charge in [-0.3, -0.25) is 0 Å². The number of hydrogen-bond donors (Lipinski definition) is 1. The highest BCUT2D eigenvalue weighted by molar-refractivity contribution is 6.20. The molecule has 2 heteroatoms. The number of rotatable bonds is 3. The van der Waals surface area contributed by atoms with Crippen molar-refractivity contribution < 1.29 is 5.11 Å². The molecular formula is C10H12ClO. The van der Waals surface area contributed by atoms with Crippen LogP contribution in [0.1, 0.15) is 12.5 Å². The van der Waals surface area contributed by atoms with Crippen molar-refractivity contribution >= 4 is 11.6 Å². The summed E-state index contributed by atoms with van der Waals surface area (Å²) < 4.78 is 0. The number of aliphatic hydroxyl groups is 1. The molecule has 1 aromatic carbocycles. The van der Waals surface area contributed by atoms with Gasteiger partial charge in [0.1, 0.15) is 0 Å². The third-order valence-electron chi connectivity index (χ3n) is 1.63. The summed E-state index contributed by atoms with van der Waals surface area (Å²) in [6.07, 6.45) is 1.17. The molecule has 2 atom stereocenters. The predicted octanol–water partition coefficient (Wildman–Crippen LogP) is 2.23. The van der Waals surface area contributed by atoms with E-state index >= 15 is 0 Å². The molecule has 0 unspecified atom stereocenters. The fourth-order valence-corrected chi connectivity index (χ4v) is 0.967. The van der Waals surface area contributed by atoms with Gasteiger partial charge in [-0.15, -0.1) is 11.6 Å². The first-order valence-corrected chi connectivity index (χ1v) is 4.36. The summed E-state index contributed by atoms with van der Waals surface area (Å²) in [6, 6.07) is 9.66. The lowest BCUT2D eigenvalue weighted by molar-refractivity contribution is 0.209. The van der Waals surface area contributed by atoms with Crippen molar-refractivity contribution in [3.8, 4) is 0 Å². The van der Waals surface area contributed by atoms with Gasteiger partial charge in [-0.1, -0.05) is 30.3 Å². The Morgan fingerprint density at radius 2 is 1.92 bits per heavy atom. The largest absolute Gasteiger partial charge is 0.391 e. The lowest BCUT2D eigenvalue weighted by Gasteiger charge is -2.11. The number of alkyl halides is 1. The van der Waals surface area contributed by atoms with Crippen LogP contribution in [0.25, 0.3) is 0 Å². The summed E-state index contributed by atoms with van der Waals surface area (Å²) in [5, 5.41) is 9.15. The van der Waals surface area contributed by atoms with Crippen molar-refractivity contribution in [1.82, 2.24) is 0 Å². The molecule has 0 amide bonds. The molecule has 12 heavy (non-hydrogen) atoms. The van der Waals surface area contributed by atoms with Gasteiger partial charge in [0.15, 0.2) is 0 Å². The van der Waals surface area contributed by atoms with E-state index in [1.807, 2.05) is 30.3 Å². The zero-order chi connectivity index (χ0) is 8.97. The molecule has 1 aromatic rings. The van der Waals surface area contributed by atoms with Crippen LogP contribution in [-0.4, -0.2) is 16.6 Å². The number of hydrogen-bond acceptors (Lipinski definition) is 1. The molecule has 1 radical (unpaired) electrons. The monoisotopic (exact) mass is 183 g/mol. The first-order chi connectivity index (χ1) is 5.70. The Balaban J connectivity index is 2.53. The van der Waals surface area contributed by atoms with Gasteiger partial charge in [-0.25, -0.2) is 0 Å². The van der Waals surface area contributed by atoms with Gasteiger partial charge in [0.05, 0.1) is 11.5 Å². The molecule has 0 heterocycles. The molecule has 1 nitrogen and oxygen atoms in total. The standard InChI is InChI=1S/C10H12ClO/c1-8(11)10(12)7-9-5-3-2-4-6-9/h2-8,10,12H,1H3/t8-,10-/m1/s1. The van der Waals surface area contributed by atoms with Gasteiger partial charge in [-0.2, -0.15) is 0 Å². The van der Waals surface area contributed by atoms with Crippen LogP contribution in [0, 0.1) is 6.42 Å². The molecule has 1 N–H and O–H groups in total. The normalized spacial score (nSPS) is 15.6. The van der Waals surface area contributed by atoms with E-state index in [0.29, 0.717) is 0 Å². The van der Waals surface area contributed by atoms with Crippen LogP contribution < -0.4 is 0 Å². The summed E-state index contributed by atoms with van der Waals surface area (Å²) in [6.45, 7) is 1.77. The van der Waals surface area contributed by atoms with Crippen LogP contribution in [0.5, 0.6) is 0 Å². The number of benzene rings is 1. The van der Waals surface area contributed by atoms with E-state index in [2.05, 4.69) is 0 Å². The van der Waals surface area contributed by atoms with Crippen molar-refractivity contribution in [1.29, 1.82) is 0 Å². The molecule has 0 bridgehead atoms. The summed E-state index contributed by atoms with van der Waals surface area (Å²) in [5.41, 5.74) is 0.998. The maximum Gasteiger partial charge on any atom is 0.0776 e. The van der Waals surface area contributed by atoms with Gasteiger partial charge in [-0.05, 0) is 12.5 Å². The molecule has 0 aliphatic rings. The van der Waals surface area contributed by atoms with Gasteiger partial charge in [0.25, 0.3) is 0 Å². The number of halogens is 1. The van der Waals surface area contributed by atoms with E-state index in [1.54, 1.807) is 13.3 Å². The van der Waals surface area contributed by atoms with Crippen molar-refractivity contribution in [2.45, 2.75) is 18.4 Å². The van der Waals surface area contributed by atoms with Crippen LogP contribution in [0.15, 0.2) is 30.3 Å². The van der Waals surface area contributed by atoms with Gasteiger partial charge in [0, 0.05) is 6.42 Å². The van der Waals surface area contributed by atoms with Crippen LogP contribution in [0.2, 0.25) is 0 Å². The molecule has 0 saturated heterocycles. The predicted molar refractivity (Wildman–Crippen MR) is 51.2 cm³/mol. The van der Waals surface area contributed by atoms with Gasteiger partial charge < -0.3 is 5.11 Å². The van der Waals surface area contributed by atoms with E-state index in [0.717, 1.165) is 5.56 Å². The average molecular weight is 184 g/mol. The summed E-state index contributed by atoms with van der Waals surface area (Å²) >= 11 is 5.70. The van der Waals surface area contributed by atoms with E-state index < -0.39 is 6.10 Å². The lowest BCUT2D eigenvalue weighted by atomic mass is 10.1. The molecule has 0 spiro atoms. The van der Waals surface area contributed by atoms with E-state index in [1.165, 1.54) is 0 Å². The second-order valence-corrected chi connectivity index (χ2v) is 3.43. The highest BCUT2D eigenvalue weighted by atomic mass is 35.5. The molecule has 1 rings (SSSR count). The minimum Gasteiger partial charge on any atom is -0.391 e. The first-order valence-electron chi connectivity index (χ1n) is 3.92. The molecule has 0 aromatic heterocycles. The first kappa shape index (κ1) is 9.56. The Kier molecular flexibility index (Phi) is 3.57. The van der Waals surface area contributed by atoms with Crippen molar-refractivity contribution in [2.75, 3.05) is 0 Å². The SMILES string of the molecule is C[C@@H](Cl)[C@H](O)[CH]c1ccccc1. The quantitative estimate of drug-likeness (QED) is 0.713. The fraction of sp³-hybridized carbons (Fsp3) is 0.300. The Labute approximate surface area is 78.0 Å². The summed E-state index contributed by atoms with van der Waals surface area (Å²) in [5.74, 6) is 0. The Bertz CT molecular complexity index is 221. The highest BCUT2D eigenvalue weighted by Gasteiger charge is 2.11. The van der Waals surface area contributed by atoms with Gasteiger partial charge >= 0.3 is 0 Å². The smallest absolute Gasteiger partial charge is 0.0776 e. The second-order valence-electron chi connectivity index (χ2n) is 2.75. The third-order valence-corrected chi connectivity index (χ3v) is 1.89. The molecule has 65 valence electrons.